The topological polar surface area (TPSA) is 54.9 Å². The van der Waals surface area contributed by atoms with Crippen LogP contribution in [0, 0.1) is 13.8 Å². The minimum Gasteiger partial charge on any atom is -0.366 e. The van der Waals surface area contributed by atoms with Crippen LogP contribution in [-0.2, 0) is 10.8 Å². The molecule has 1 aromatic rings. The molecule has 0 amide bonds. The Morgan fingerprint density at radius 1 is 1.31 bits per heavy atom. The third-order valence-corrected chi connectivity index (χ3v) is 4.31. The first kappa shape index (κ1) is 11.5. The highest BCUT2D eigenvalue weighted by atomic mass is 32.2. The Hall–Kier alpha value is -0.970. The first-order valence-electron chi connectivity index (χ1n) is 5.57. The summed E-state index contributed by atoms with van der Waals surface area (Å²) in [5.74, 6) is 2.44. The summed E-state index contributed by atoms with van der Waals surface area (Å²) >= 11 is 0. The fourth-order valence-corrected chi connectivity index (χ4v) is 3.06. The lowest BCUT2D eigenvalue weighted by molar-refractivity contribution is 0.622. The number of nitrogens with zero attached hydrogens (tertiary/aromatic N) is 2. The van der Waals surface area contributed by atoms with Crippen LogP contribution in [0.25, 0.3) is 0 Å². The Morgan fingerprint density at radius 2 is 2.00 bits per heavy atom. The third-order valence-electron chi connectivity index (χ3n) is 2.93. The molecule has 0 atom stereocenters. The van der Waals surface area contributed by atoms with Crippen LogP contribution in [0.3, 0.4) is 0 Å². The number of aryl methyl sites for hydroxylation is 2. The van der Waals surface area contributed by atoms with Gasteiger partial charge in [-0.2, -0.15) is 0 Å². The molecule has 2 rings (SSSR count). The fraction of sp³-hybridized carbons (Fsp3) is 0.636. The van der Waals surface area contributed by atoms with Gasteiger partial charge in [-0.1, -0.05) is 0 Å². The van der Waals surface area contributed by atoms with Gasteiger partial charge in [-0.3, -0.25) is 9.19 Å². The predicted octanol–water partition coefficient (Wildman–Crippen LogP) is 1.42. The summed E-state index contributed by atoms with van der Waals surface area (Å²) in [5, 5.41) is 3.36. The molecule has 88 valence electrons. The Bertz CT molecular complexity index is 398. The lowest BCUT2D eigenvalue weighted by Gasteiger charge is -2.23. The van der Waals surface area contributed by atoms with Crippen molar-refractivity contribution in [3.8, 4) is 0 Å². The summed E-state index contributed by atoms with van der Waals surface area (Å²) in [6, 6.07) is 0.397. The van der Waals surface area contributed by atoms with Gasteiger partial charge in [0.1, 0.15) is 5.82 Å². The highest BCUT2D eigenvalue weighted by Crippen LogP contribution is 2.15. The van der Waals surface area contributed by atoms with Gasteiger partial charge in [0.15, 0.2) is 0 Å². The smallest absolute Gasteiger partial charge is 0.145 e. The van der Waals surface area contributed by atoms with E-state index < -0.39 is 10.8 Å². The van der Waals surface area contributed by atoms with Crippen molar-refractivity contribution < 1.29 is 4.21 Å². The van der Waals surface area contributed by atoms with Crippen LogP contribution in [0.2, 0.25) is 0 Å². The van der Waals surface area contributed by atoms with Gasteiger partial charge in [-0.15, -0.1) is 0 Å². The molecule has 1 aliphatic rings. The minimum absolute atomic E-state index is 0.397. The molecule has 1 saturated heterocycles. The molecule has 0 aromatic carbocycles. The number of rotatable bonds is 2. The maximum atomic E-state index is 11.2. The van der Waals surface area contributed by atoms with E-state index in [1.54, 1.807) is 6.20 Å². The molecule has 1 aromatic heterocycles. The molecule has 4 nitrogen and oxygen atoms in total. The molecule has 0 spiro atoms. The van der Waals surface area contributed by atoms with Crippen LogP contribution in [-0.4, -0.2) is 31.7 Å². The summed E-state index contributed by atoms with van der Waals surface area (Å²) in [4.78, 5) is 8.71. The van der Waals surface area contributed by atoms with Gasteiger partial charge < -0.3 is 5.32 Å². The van der Waals surface area contributed by atoms with Crippen LogP contribution < -0.4 is 5.32 Å². The Kier molecular flexibility index (Phi) is 3.53. The van der Waals surface area contributed by atoms with Gasteiger partial charge in [0.2, 0.25) is 0 Å². The Balaban J connectivity index is 1.98. The molecule has 0 saturated carbocycles. The van der Waals surface area contributed by atoms with E-state index in [2.05, 4.69) is 15.3 Å². The summed E-state index contributed by atoms with van der Waals surface area (Å²) in [6.45, 7) is 3.92. The second kappa shape index (κ2) is 4.91. The van der Waals surface area contributed by atoms with Gasteiger partial charge in [0.05, 0.1) is 17.6 Å². The zero-order chi connectivity index (χ0) is 11.5. The van der Waals surface area contributed by atoms with E-state index in [-0.39, 0.29) is 0 Å². The molecule has 0 radical (unpaired) electrons. The van der Waals surface area contributed by atoms with E-state index in [4.69, 9.17) is 0 Å². The zero-order valence-corrected chi connectivity index (χ0v) is 10.5. The van der Waals surface area contributed by atoms with Gasteiger partial charge >= 0.3 is 0 Å². The summed E-state index contributed by atoms with van der Waals surface area (Å²) in [6.07, 6.45) is 3.69. The molecular formula is C11H17N3OS. The molecule has 1 N–H and O–H groups in total. The van der Waals surface area contributed by atoms with Crippen molar-refractivity contribution in [2.24, 2.45) is 0 Å². The quantitative estimate of drug-likeness (QED) is 0.848. The van der Waals surface area contributed by atoms with Gasteiger partial charge in [-0.25, -0.2) is 4.98 Å². The van der Waals surface area contributed by atoms with E-state index in [9.17, 15) is 4.21 Å². The normalized spacial score (nSPS) is 25.4. The molecule has 16 heavy (non-hydrogen) atoms. The van der Waals surface area contributed by atoms with Crippen molar-refractivity contribution in [3.63, 3.8) is 0 Å². The van der Waals surface area contributed by atoms with Gasteiger partial charge in [0.25, 0.3) is 0 Å². The maximum absolute atomic E-state index is 11.2. The number of hydrogen-bond donors (Lipinski definition) is 1. The molecule has 5 heteroatoms. The standard InChI is InChI=1S/C11H17N3OS/c1-8-9(2)13-11(7-12-8)14-10-3-5-16(15)6-4-10/h7,10H,3-6H2,1-2H3,(H,13,14). The van der Waals surface area contributed by atoms with Crippen molar-refractivity contribution in [3.05, 3.63) is 17.6 Å². The van der Waals surface area contributed by atoms with Crippen LogP contribution in [0.15, 0.2) is 6.20 Å². The van der Waals surface area contributed by atoms with Crippen molar-refractivity contribution in [1.82, 2.24) is 9.97 Å². The van der Waals surface area contributed by atoms with Crippen LogP contribution >= 0.6 is 0 Å². The first-order chi connectivity index (χ1) is 7.65. The third kappa shape index (κ3) is 2.78. The van der Waals surface area contributed by atoms with Crippen molar-refractivity contribution in [1.29, 1.82) is 0 Å². The second-order valence-electron chi connectivity index (χ2n) is 4.19. The van der Waals surface area contributed by atoms with E-state index >= 15 is 0 Å². The highest BCUT2D eigenvalue weighted by Gasteiger charge is 2.17. The summed E-state index contributed by atoms with van der Waals surface area (Å²) in [7, 11) is -0.603. The zero-order valence-electron chi connectivity index (χ0n) is 9.69. The molecule has 0 unspecified atom stereocenters. The largest absolute Gasteiger partial charge is 0.366 e. The number of aromatic nitrogens is 2. The van der Waals surface area contributed by atoms with Crippen LogP contribution in [0.5, 0.6) is 0 Å². The molecule has 1 aliphatic heterocycles. The molecule has 1 fully saturated rings. The molecular weight excluding hydrogens is 222 g/mol. The Morgan fingerprint density at radius 3 is 2.62 bits per heavy atom. The van der Waals surface area contributed by atoms with Crippen molar-refractivity contribution in [2.75, 3.05) is 16.8 Å². The minimum atomic E-state index is -0.603. The average molecular weight is 239 g/mol. The van der Waals surface area contributed by atoms with E-state index in [1.165, 1.54) is 0 Å². The van der Waals surface area contributed by atoms with Gasteiger partial charge in [-0.05, 0) is 26.7 Å². The van der Waals surface area contributed by atoms with Gasteiger partial charge in [0, 0.05) is 28.3 Å². The van der Waals surface area contributed by atoms with Crippen molar-refractivity contribution in [2.45, 2.75) is 32.7 Å². The molecule has 0 aliphatic carbocycles. The second-order valence-corrected chi connectivity index (χ2v) is 5.89. The first-order valence-corrected chi connectivity index (χ1v) is 7.05. The number of anilines is 1. The summed E-state index contributed by atoms with van der Waals surface area (Å²) < 4.78 is 11.2. The monoisotopic (exact) mass is 239 g/mol. The van der Waals surface area contributed by atoms with Crippen molar-refractivity contribution >= 4 is 16.6 Å². The van der Waals surface area contributed by atoms with E-state index in [1.807, 2.05) is 13.8 Å². The maximum Gasteiger partial charge on any atom is 0.145 e. The summed E-state index contributed by atoms with van der Waals surface area (Å²) in [5.41, 5.74) is 1.93. The lowest BCUT2D eigenvalue weighted by atomic mass is 10.1. The predicted molar refractivity (Wildman–Crippen MR) is 66.0 cm³/mol. The number of hydrogen-bond acceptors (Lipinski definition) is 4. The number of nitrogens with one attached hydrogen (secondary N) is 1. The average Bonchev–Trinajstić information content (AvgIpc) is 2.27. The SMILES string of the molecule is Cc1ncc(NC2CCS(=O)CC2)nc1C. The van der Waals surface area contributed by atoms with E-state index in [0.717, 1.165) is 41.6 Å². The van der Waals surface area contributed by atoms with E-state index in [0.29, 0.717) is 6.04 Å². The Labute approximate surface area is 98.3 Å². The van der Waals surface area contributed by atoms with Crippen LogP contribution in [0.1, 0.15) is 24.2 Å². The lowest BCUT2D eigenvalue weighted by Crippen LogP contribution is -2.29. The molecule has 2 heterocycles. The highest BCUT2D eigenvalue weighted by molar-refractivity contribution is 7.85. The fourth-order valence-electron chi connectivity index (χ4n) is 1.76. The molecule has 0 bridgehead atoms. The van der Waals surface area contributed by atoms with Crippen LogP contribution in [0.4, 0.5) is 5.82 Å².